The van der Waals surface area contributed by atoms with Crippen LogP contribution >= 0.6 is 0 Å². The Morgan fingerprint density at radius 3 is 2.58 bits per heavy atom. The zero-order valence-corrected chi connectivity index (χ0v) is 11.2. The van der Waals surface area contributed by atoms with Crippen LogP contribution in [0.1, 0.15) is 24.8 Å². The van der Waals surface area contributed by atoms with E-state index in [1.54, 1.807) is 0 Å². The van der Waals surface area contributed by atoms with Crippen molar-refractivity contribution in [1.82, 2.24) is 4.57 Å². The van der Waals surface area contributed by atoms with Gasteiger partial charge >= 0.3 is 0 Å². The van der Waals surface area contributed by atoms with Gasteiger partial charge in [0.05, 0.1) is 12.1 Å². The Morgan fingerprint density at radius 2 is 1.84 bits per heavy atom. The van der Waals surface area contributed by atoms with Gasteiger partial charge in [-0.15, -0.1) is 0 Å². The van der Waals surface area contributed by atoms with E-state index in [2.05, 4.69) is 28.8 Å². The van der Waals surface area contributed by atoms with Crippen molar-refractivity contribution < 1.29 is 5.11 Å². The minimum atomic E-state index is -0.547. The van der Waals surface area contributed by atoms with Crippen molar-refractivity contribution >= 4 is 0 Å². The smallest absolute Gasteiger partial charge is 0.0856 e. The first kappa shape index (κ1) is 12.5. The van der Waals surface area contributed by atoms with E-state index in [0.29, 0.717) is 5.92 Å². The lowest BCUT2D eigenvalue weighted by Gasteiger charge is -2.31. The highest BCUT2D eigenvalue weighted by Crippen LogP contribution is 2.39. The molecule has 0 bridgehead atoms. The monoisotopic (exact) mass is 255 g/mol. The van der Waals surface area contributed by atoms with Crippen molar-refractivity contribution in [3.63, 3.8) is 0 Å². The maximum absolute atomic E-state index is 11.0. The van der Waals surface area contributed by atoms with Gasteiger partial charge in [-0.2, -0.15) is 0 Å². The molecular weight excluding hydrogens is 234 g/mol. The molecule has 1 saturated carbocycles. The van der Waals surface area contributed by atoms with E-state index in [1.165, 1.54) is 5.56 Å². The van der Waals surface area contributed by atoms with Gasteiger partial charge in [-0.3, -0.25) is 0 Å². The van der Waals surface area contributed by atoms with Gasteiger partial charge < -0.3 is 9.67 Å². The highest BCUT2D eigenvalue weighted by Gasteiger charge is 2.40. The Bertz CT molecular complexity index is 505. The van der Waals surface area contributed by atoms with Crippen LogP contribution in [0.5, 0.6) is 0 Å². The summed E-state index contributed by atoms with van der Waals surface area (Å²) in [7, 11) is 0. The van der Waals surface area contributed by atoms with E-state index >= 15 is 0 Å². The third kappa shape index (κ3) is 2.74. The lowest BCUT2D eigenvalue weighted by molar-refractivity contribution is -0.0133. The molecule has 1 aromatic heterocycles. The summed E-state index contributed by atoms with van der Waals surface area (Å²) in [5, 5.41) is 11.0. The minimum Gasteiger partial charge on any atom is -0.388 e. The molecule has 2 atom stereocenters. The van der Waals surface area contributed by atoms with Crippen LogP contribution in [0.2, 0.25) is 0 Å². The van der Waals surface area contributed by atoms with Crippen molar-refractivity contribution in [1.29, 1.82) is 0 Å². The van der Waals surface area contributed by atoms with Crippen LogP contribution in [0.3, 0.4) is 0 Å². The predicted octanol–water partition coefficient (Wildman–Crippen LogP) is 3.26. The molecule has 1 aliphatic rings. The Balaban J connectivity index is 1.73. The molecule has 0 amide bonds. The summed E-state index contributed by atoms with van der Waals surface area (Å²) in [6, 6.07) is 14.6. The molecule has 0 aliphatic heterocycles. The largest absolute Gasteiger partial charge is 0.388 e. The fourth-order valence-corrected chi connectivity index (χ4v) is 3.32. The summed E-state index contributed by atoms with van der Waals surface area (Å²) in [5.41, 5.74) is 0.787. The predicted molar refractivity (Wildman–Crippen MR) is 76.9 cm³/mol. The molecule has 1 N–H and O–H groups in total. The van der Waals surface area contributed by atoms with Gasteiger partial charge in [0.2, 0.25) is 0 Å². The highest BCUT2D eigenvalue weighted by atomic mass is 16.3. The van der Waals surface area contributed by atoms with Gasteiger partial charge in [-0.05, 0) is 42.9 Å². The molecule has 0 spiro atoms. The SMILES string of the molecule is OC1(Cn2cccc2)CCCC1Cc1ccccc1. The second kappa shape index (κ2) is 5.22. The average molecular weight is 255 g/mol. The summed E-state index contributed by atoms with van der Waals surface area (Å²) in [6.45, 7) is 0.720. The number of aliphatic hydroxyl groups is 1. The first-order valence-corrected chi connectivity index (χ1v) is 7.13. The van der Waals surface area contributed by atoms with Gasteiger partial charge in [0.1, 0.15) is 0 Å². The molecule has 1 heterocycles. The summed E-state index contributed by atoms with van der Waals surface area (Å²) in [6.07, 6.45) is 8.24. The number of aromatic nitrogens is 1. The van der Waals surface area contributed by atoms with Crippen molar-refractivity contribution in [2.24, 2.45) is 5.92 Å². The van der Waals surface area contributed by atoms with Crippen LogP contribution in [-0.2, 0) is 13.0 Å². The molecule has 2 unspecified atom stereocenters. The summed E-state index contributed by atoms with van der Waals surface area (Å²) in [5.74, 6) is 0.373. The number of hydrogen-bond donors (Lipinski definition) is 1. The Morgan fingerprint density at radius 1 is 1.11 bits per heavy atom. The van der Waals surface area contributed by atoms with Crippen LogP contribution < -0.4 is 0 Å². The van der Waals surface area contributed by atoms with E-state index in [9.17, 15) is 5.11 Å². The first-order chi connectivity index (χ1) is 9.26. The number of benzene rings is 1. The zero-order valence-electron chi connectivity index (χ0n) is 11.2. The minimum absolute atomic E-state index is 0.373. The molecule has 19 heavy (non-hydrogen) atoms. The molecule has 1 fully saturated rings. The Labute approximate surface area is 114 Å². The first-order valence-electron chi connectivity index (χ1n) is 7.13. The fourth-order valence-electron chi connectivity index (χ4n) is 3.32. The Hall–Kier alpha value is -1.54. The average Bonchev–Trinajstić information content (AvgIpc) is 3.03. The third-order valence-corrected chi connectivity index (χ3v) is 4.37. The molecule has 2 nitrogen and oxygen atoms in total. The van der Waals surface area contributed by atoms with E-state index < -0.39 is 5.60 Å². The van der Waals surface area contributed by atoms with E-state index in [0.717, 1.165) is 32.2 Å². The third-order valence-electron chi connectivity index (χ3n) is 4.37. The van der Waals surface area contributed by atoms with Gasteiger partial charge in [-0.25, -0.2) is 0 Å². The van der Waals surface area contributed by atoms with Crippen LogP contribution in [-0.4, -0.2) is 15.3 Å². The zero-order chi connectivity index (χ0) is 13.1. The topological polar surface area (TPSA) is 25.2 Å². The van der Waals surface area contributed by atoms with Crippen molar-refractivity contribution in [2.45, 2.75) is 37.8 Å². The Kier molecular flexibility index (Phi) is 3.43. The van der Waals surface area contributed by atoms with E-state index in [-0.39, 0.29) is 0 Å². The molecule has 1 aromatic carbocycles. The second-order valence-electron chi connectivity index (χ2n) is 5.74. The molecule has 0 saturated heterocycles. The van der Waals surface area contributed by atoms with Gasteiger partial charge in [0, 0.05) is 12.4 Å². The normalized spacial score (nSPS) is 26.7. The molecule has 2 aromatic rings. The van der Waals surface area contributed by atoms with Gasteiger partial charge in [0.25, 0.3) is 0 Å². The fraction of sp³-hybridized carbons (Fsp3) is 0.412. The van der Waals surface area contributed by atoms with Crippen LogP contribution in [0.4, 0.5) is 0 Å². The number of nitrogens with zero attached hydrogens (tertiary/aromatic N) is 1. The quantitative estimate of drug-likeness (QED) is 0.891. The van der Waals surface area contributed by atoms with Crippen molar-refractivity contribution in [2.75, 3.05) is 0 Å². The molecule has 2 heteroatoms. The number of rotatable bonds is 4. The van der Waals surface area contributed by atoms with Crippen LogP contribution in [0, 0.1) is 5.92 Å². The van der Waals surface area contributed by atoms with Crippen molar-refractivity contribution in [3.8, 4) is 0 Å². The second-order valence-corrected chi connectivity index (χ2v) is 5.74. The van der Waals surface area contributed by atoms with Crippen LogP contribution in [0.15, 0.2) is 54.9 Å². The lowest BCUT2D eigenvalue weighted by atomic mass is 9.85. The highest BCUT2D eigenvalue weighted by molar-refractivity contribution is 5.16. The van der Waals surface area contributed by atoms with Crippen LogP contribution in [0.25, 0.3) is 0 Å². The standard InChI is InChI=1S/C17H21NO/c19-17(14-18-11-4-5-12-18)10-6-9-16(17)13-15-7-2-1-3-8-15/h1-5,7-8,11-12,16,19H,6,9-10,13-14H2. The maximum atomic E-state index is 11.0. The molecule has 100 valence electrons. The molecule has 1 aliphatic carbocycles. The summed E-state index contributed by atoms with van der Waals surface area (Å²) in [4.78, 5) is 0. The lowest BCUT2D eigenvalue weighted by Crippen LogP contribution is -2.38. The van der Waals surface area contributed by atoms with E-state index in [1.807, 2.05) is 30.6 Å². The molecule has 3 rings (SSSR count). The molecule has 0 radical (unpaired) electrons. The van der Waals surface area contributed by atoms with Gasteiger partial charge in [0.15, 0.2) is 0 Å². The van der Waals surface area contributed by atoms with Crippen molar-refractivity contribution in [3.05, 3.63) is 60.4 Å². The molecular formula is C17H21NO. The van der Waals surface area contributed by atoms with E-state index in [4.69, 9.17) is 0 Å². The number of hydrogen-bond acceptors (Lipinski definition) is 1. The summed E-state index contributed by atoms with van der Waals surface area (Å²) < 4.78 is 2.10. The summed E-state index contributed by atoms with van der Waals surface area (Å²) >= 11 is 0. The maximum Gasteiger partial charge on any atom is 0.0856 e. The van der Waals surface area contributed by atoms with Gasteiger partial charge in [-0.1, -0.05) is 36.8 Å².